The molecule has 0 aliphatic carbocycles. The number of alkyl halides is 1. The van der Waals surface area contributed by atoms with Crippen molar-refractivity contribution in [3.63, 3.8) is 0 Å². The first-order valence-corrected chi connectivity index (χ1v) is 6.29. The van der Waals surface area contributed by atoms with Crippen LogP contribution >= 0.6 is 11.6 Å². The predicted octanol–water partition coefficient (Wildman–Crippen LogP) is 3.24. The molecule has 0 saturated carbocycles. The Labute approximate surface area is 103 Å². The molecule has 1 N–H and O–H groups in total. The minimum absolute atomic E-state index is 0.161. The molecule has 3 nitrogen and oxygen atoms in total. The van der Waals surface area contributed by atoms with Gasteiger partial charge in [-0.05, 0) is 31.9 Å². The second-order valence-electron chi connectivity index (χ2n) is 4.25. The summed E-state index contributed by atoms with van der Waals surface area (Å²) in [5, 5.41) is 11.4. The van der Waals surface area contributed by atoms with E-state index < -0.39 is 0 Å². The third-order valence-electron chi connectivity index (χ3n) is 3.23. The number of hydrogen-bond acceptors (Lipinski definition) is 3. The normalized spacial score (nSPS) is 11.5. The first-order chi connectivity index (χ1) is 7.65. The monoisotopic (exact) mass is 241 g/mol. The van der Waals surface area contributed by atoms with Crippen molar-refractivity contribution >= 4 is 17.4 Å². The van der Waals surface area contributed by atoms with Crippen molar-refractivity contribution in [1.29, 1.82) is 0 Å². The van der Waals surface area contributed by atoms with E-state index in [-0.39, 0.29) is 5.41 Å². The van der Waals surface area contributed by atoms with Crippen LogP contribution in [0.5, 0.6) is 0 Å². The topological polar surface area (TPSA) is 37.8 Å². The van der Waals surface area contributed by atoms with E-state index in [1.165, 1.54) is 0 Å². The molecular formula is C12H20ClN3. The van der Waals surface area contributed by atoms with Gasteiger partial charge < -0.3 is 5.32 Å². The molecule has 90 valence electrons. The molecule has 0 radical (unpaired) electrons. The quantitative estimate of drug-likeness (QED) is 0.777. The van der Waals surface area contributed by atoms with Crippen molar-refractivity contribution in [2.45, 2.75) is 33.6 Å². The SMILES string of the molecule is CCC(CC)(CCl)CNc1ccc(C)nn1. The van der Waals surface area contributed by atoms with Crippen molar-refractivity contribution in [2.75, 3.05) is 17.7 Å². The van der Waals surface area contributed by atoms with Crippen LogP contribution in [-0.4, -0.2) is 22.6 Å². The van der Waals surface area contributed by atoms with Crippen LogP contribution in [0, 0.1) is 12.3 Å². The smallest absolute Gasteiger partial charge is 0.148 e. The van der Waals surface area contributed by atoms with E-state index in [0.29, 0.717) is 5.88 Å². The molecule has 0 aliphatic heterocycles. The molecule has 0 bridgehead atoms. The van der Waals surface area contributed by atoms with E-state index in [4.69, 9.17) is 11.6 Å². The molecule has 0 fully saturated rings. The van der Waals surface area contributed by atoms with E-state index in [1.807, 2.05) is 19.1 Å². The summed E-state index contributed by atoms with van der Waals surface area (Å²) in [5.41, 5.74) is 1.09. The minimum Gasteiger partial charge on any atom is -0.368 e. The summed E-state index contributed by atoms with van der Waals surface area (Å²) in [5.74, 6) is 1.49. The summed E-state index contributed by atoms with van der Waals surface area (Å²) < 4.78 is 0. The van der Waals surface area contributed by atoms with Gasteiger partial charge in [-0.2, -0.15) is 5.10 Å². The Bertz CT molecular complexity index is 298. The largest absolute Gasteiger partial charge is 0.368 e. The zero-order valence-electron chi connectivity index (χ0n) is 10.3. The van der Waals surface area contributed by atoms with Crippen LogP contribution in [0.1, 0.15) is 32.4 Å². The Kier molecular flexibility index (Phi) is 5.00. The second kappa shape index (κ2) is 6.04. The fourth-order valence-electron chi connectivity index (χ4n) is 1.51. The Morgan fingerprint density at radius 2 is 1.94 bits per heavy atom. The number of hydrogen-bond donors (Lipinski definition) is 1. The average Bonchev–Trinajstić information content (AvgIpc) is 2.34. The Hall–Kier alpha value is -0.830. The van der Waals surface area contributed by atoms with Gasteiger partial charge in [-0.3, -0.25) is 0 Å². The molecule has 0 aromatic carbocycles. The molecule has 4 heteroatoms. The van der Waals surface area contributed by atoms with Gasteiger partial charge in [-0.15, -0.1) is 16.7 Å². The maximum Gasteiger partial charge on any atom is 0.148 e. The summed E-state index contributed by atoms with van der Waals surface area (Å²) in [4.78, 5) is 0. The molecule has 1 aromatic rings. The van der Waals surface area contributed by atoms with Gasteiger partial charge in [0.1, 0.15) is 5.82 Å². The third kappa shape index (κ3) is 3.34. The fraction of sp³-hybridized carbons (Fsp3) is 0.667. The molecule has 16 heavy (non-hydrogen) atoms. The highest BCUT2D eigenvalue weighted by molar-refractivity contribution is 6.18. The highest BCUT2D eigenvalue weighted by atomic mass is 35.5. The van der Waals surface area contributed by atoms with Crippen LogP contribution < -0.4 is 5.32 Å². The molecular weight excluding hydrogens is 222 g/mol. The molecule has 1 heterocycles. The number of rotatable bonds is 6. The lowest BCUT2D eigenvalue weighted by Crippen LogP contribution is -2.30. The van der Waals surface area contributed by atoms with Gasteiger partial charge in [0, 0.05) is 17.8 Å². The molecule has 1 aromatic heterocycles. The molecule has 0 unspecified atom stereocenters. The zero-order chi connectivity index (χ0) is 12.0. The Morgan fingerprint density at radius 1 is 1.25 bits per heavy atom. The lowest BCUT2D eigenvalue weighted by Gasteiger charge is -2.29. The van der Waals surface area contributed by atoms with Crippen molar-refractivity contribution in [3.05, 3.63) is 17.8 Å². The van der Waals surface area contributed by atoms with Crippen molar-refractivity contribution in [3.8, 4) is 0 Å². The molecule has 1 rings (SSSR count). The van der Waals surface area contributed by atoms with Crippen LogP contribution in [0.3, 0.4) is 0 Å². The molecule has 0 spiro atoms. The zero-order valence-corrected chi connectivity index (χ0v) is 11.0. The van der Waals surface area contributed by atoms with Crippen molar-refractivity contribution < 1.29 is 0 Å². The van der Waals surface area contributed by atoms with Crippen LogP contribution in [0.4, 0.5) is 5.82 Å². The summed E-state index contributed by atoms with van der Waals surface area (Å²) in [7, 11) is 0. The predicted molar refractivity (Wildman–Crippen MR) is 69.0 cm³/mol. The number of aryl methyl sites for hydroxylation is 1. The van der Waals surface area contributed by atoms with Gasteiger partial charge in [0.05, 0.1) is 5.69 Å². The number of halogens is 1. The molecule has 0 atom stereocenters. The molecule has 0 saturated heterocycles. The average molecular weight is 242 g/mol. The first kappa shape index (κ1) is 13.2. The van der Waals surface area contributed by atoms with Crippen LogP contribution in [-0.2, 0) is 0 Å². The van der Waals surface area contributed by atoms with Crippen LogP contribution in [0.2, 0.25) is 0 Å². The maximum atomic E-state index is 6.04. The van der Waals surface area contributed by atoms with Crippen molar-refractivity contribution in [2.24, 2.45) is 5.41 Å². The standard InChI is InChI=1S/C12H20ClN3/c1-4-12(5-2,8-13)9-14-11-7-6-10(3)15-16-11/h6-7H,4-5,8-9H2,1-3H3,(H,14,16). The van der Waals surface area contributed by atoms with Gasteiger partial charge >= 0.3 is 0 Å². The Morgan fingerprint density at radius 3 is 2.38 bits per heavy atom. The van der Waals surface area contributed by atoms with E-state index >= 15 is 0 Å². The molecule has 0 aliphatic rings. The fourth-order valence-corrected chi connectivity index (χ4v) is 1.98. The summed E-state index contributed by atoms with van der Waals surface area (Å²) >= 11 is 6.04. The molecule has 0 amide bonds. The summed E-state index contributed by atoms with van der Waals surface area (Å²) in [6.07, 6.45) is 2.14. The first-order valence-electron chi connectivity index (χ1n) is 5.76. The highest BCUT2D eigenvalue weighted by Crippen LogP contribution is 2.28. The highest BCUT2D eigenvalue weighted by Gasteiger charge is 2.24. The number of anilines is 1. The maximum absolute atomic E-state index is 6.04. The van der Waals surface area contributed by atoms with Crippen molar-refractivity contribution in [1.82, 2.24) is 10.2 Å². The van der Waals surface area contributed by atoms with E-state index in [2.05, 4.69) is 29.4 Å². The summed E-state index contributed by atoms with van der Waals surface area (Å²) in [6.45, 7) is 7.13. The Balaban J connectivity index is 2.58. The third-order valence-corrected chi connectivity index (χ3v) is 3.79. The van der Waals surface area contributed by atoms with Gasteiger partial charge in [-0.25, -0.2) is 0 Å². The van der Waals surface area contributed by atoms with E-state index in [0.717, 1.165) is 30.9 Å². The lowest BCUT2D eigenvalue weighted by atomic mass is 9.84. The van der Waals surface area contributed by atoms with E-state index in [9.17, 15) is 0 Å². The van der Waals surface area contributed by atoms with Gasteiger partial charge in [0.15, 0.2) is 0 Å². The van der Waals surface area contributed by atoms with E-state index in [1.54, 1.807) is 0 Å². The number of nitrogens with zero attached hydrogens (tertiary/aromatic N) is 2. The number of aromatic nitrogens is 2. The van der Waals surface area contributed by atoms with Gasteiger partial charge in [-0.1, -0.05) is 13.8 Å². The van der Waals surface area contributed by atoms with Crippen LogP contribution in [0.25, 0.3) is 0 Å². The van der Waals surface area contributed by atoms with Gasteiger partial charge in [0.25, 0.3) is 0 Å². The van der Waals surface area contributed by atoms with Gasteiger partial charge in [0.2, 0.25) is 0 Å². The number of nitrogens with one attached hydrogen (secondary N) is 1. The second-order valence-corrected chi connectivity index (χ2v) is 4.52. The minimum atomic E-state index is 0.161. The summed E-state index contributed by atoms with van der Waals surface area (Å²) in [6, 6.07) is 3.91. The lowest BCUT2D eigenvalue weighted by molar-refractivity contribution is 0.326. The van der Waals surface area contributed by atoms with Crippen LogP contribution in [0.15, 0.2) is 12.1 Å².